The predicted octanol–water partition coefficient (Wildman–Crippen LogP) is -0.530. The van der Waals surface area contributed by atoms with Crippen molar-refractivity contribution in [3.63, 3.8) is 0 Å². The van der Waals surface area contributed by atoms with E-state index in [0.29, 0.717) is 19.5 Å². The minimum absolute atomic E-state index is 0.320. The number of carboxylic acids is 1. The van der Waals surface area contributed by atoms with Crippen molar-refractivity contribution < 1.29 is 19.4 Å². The molecule has 0 spiro atoms. The van der Waals surface area contributed by atoms with Gasteiger partial charge in [0.05, 0.1) is 18.9 Å². The smallest absolute Gasteiger partial charge is 0.309 e. The summed E-state index contributed by atoms with van der Waals surface area (Å²) < 4.78 is 4.55. The molecular weight excluding hydrogens is 174 g/mol. The third-order valence-corrected chi connectivity index (χ3v) is 2.23. The normalized spacial score (nSPS) is 28.1. The van der Waals surface area contributed by atoms with Gasteiger partial charge in [-0.1, -0.05) is 0 Å². The van der Waals surface area contributed by atoms with E-state index in [9.17, 15) is 9.59 Å². The Hall–Kier alpha value is -1.10. The third-order valence-electron chi connectivity index (χ3n) is 2.23. The molecule has 1 heterocycles. The van der Waals surface area contributed by atoms with Crippen LogP contribution in [0.3, 0.4) is 0 Å². The van der Waals surface area contributed by atoms with Gasteiger partial charge in [0.2, 0.25) is 0 Å². The fourth-order valence-electron chi connectivity index (χ4n) is 1.48. The van der Waals surface area contributed by atoms with Crippen molar-refractivity contribution in [3.05, 3.63) is 0 Å². The Morgan fingerprint density at radius 3 is 2.54 bits per heavy atom. The van der Waals surface area contributed by atoms with E-state index in [1.165, 1.54) is 7.11 Å². The molecule has 0 aromatic carbocycles. The highest BCUT2D eigenvalue weighted by atomic mass is 16.5. The lowest BCUT2D eigenvalue weighted by Crippen LogP contribution is -2.42. The summed E-state index contributed by atoms with van der Waals surface area (Å²) in [7, 11) is 1.31. The van der Waals surface area contributed by atoms with Crippen LogP contribution in [0.4, 0.5) is 0 Å². The molecule has 1 rings (SSSR count). The van der Waals surface area contributed by atoms with Gasteiger partial charge in [-0.3, -0.25) is 9.59 Å². The largest absolute Gasteiger partial charge is 0.481 e. The number of methoxy groups -OCH3 is 1. The van der Waals surface area contributed by atoms with Gasteiger partial charge in [0.15, 0.2) is 0 Å². The molecule has 13 heavy (non-hydrogen) atoms. The summed E-state index contributed by atoms with van der Waals surface area (Å²) in [5.74, 6) is -1.99. The van der Waals surface area contributed by atoms with Crippen molar-refractivity contribution in [2.75, 3.05) is 20.2 Å². The van der Waals surface area contributed by atoms with Crippen LogP contribution in [0, 0.1) is 11.8 Å². The lowest BCUT2D eigenvalue weighted by Gasteiger charge is -2.25. The van der Waals surface area contributed by atoms with Crippen LogP contribution in [0.5, 0.6) is 0 Å². The fraction of sp³-hybridized carbons (Fsp3) is 0.750. The Balaban J connectivity index is 2.51. The first-order valence-corrected chi connectivity index (χ1v) is 4.16. The molecule has 1 saturated heterocycles. The van der Waals surface area contributed by atoms with Crippen LogP contribution in [0.1, 0.15) is 6.42 Å². The fourth-order valence-corrected chi connectivity index (χ4v) is 1.48. The molecule has 2 N–H and O–H groups in total. The Bertz CT molecular complexity index is 216. The van der Waals surface area contributed by atoms with Crippen molar-refractivity contribution in [3.8, 4) is 0 Å². The zero-order valence-corrected chi connectivity index (χ0v) is 7.45. The first-order valence-electron chi connectivity index (χ1n) is 4.16. The minimum Gasteiger partial charge on any atom is -0.481 e. The summed E-state index contributed by atoms with van der Waals surface area (Å²) in [5, 5.41) is 11.6. The van der Waals surface area contributed by atoms with Gasteiger partial charge in [-0.25, -0.2) is 0 Å². The molecule has 1 aliphatic heterocycles. The zero-order chi connectivity index (χ0) is 9.84. The van der Waals surface area contributed by atoms with Gasteiger partial charge in [0, 0.05) is 13.1 Å². The Kier molecular flexibility index (Phi) is 3.25. The van der Waals surface area contributed by atoms with Crippen molar-refractivity contribution in [2.45, 2.75) is 6.42 Å². The molecule has 0 aromatic heterocycles. The number of aliphatic carboxylic acids is 1. The molecule has 1 aliphatic rings. The summed E-state index contributed by atoms with van der Waals surface area (Å²) in [6.45, 7) is 0.944. The minimum atomic E-state index is -0.860. The molecule has 1 fully saturated rings. The van der Waals surface area contributed by atoms with Crippen molar-refractivity contribution in [1.82, 2.24) is 5.32 Å². The number of carbonyl (C=O) groups excluding carboxylic acids is 1. The Morgan fingerprint density at radius 2 is 2.00 bits per heavy atom. The van der Waals surface area contributed by atoms with Gasteiger partial charge in [-0.15, -0.1) is 0 Å². The summed E-state index contributed by atoms with van der Waals surface area (Å²) in [5.41, 5.74) is 0. The van der Waals surface area contributed by atoms with Crippen LogP contribution in [0.25, 0.3) is 0 Å². The summed E-state index contributed by atoms with van der Waals surface area (Å²) in [6, 6.07) is 0. The lowest BCUT2D eigenvalue weighted by atomic mass is 9.91. The van der Waals surface area contributed by atoms with Crippen LogP contribution >= 0.6 is 0 Å². The molecule has 0 saturated carbocycles. The van der Waals surface area contributed by atoms with Gasteiger partial charge < -0.3 is 15.2 Å². The predicted molar refractivity (Wildman–Crippen MR) is 44.1 cm³/mol. The van der Waals surface area contributed by atoms with Crippen molar-refractivity contribution in [2.24, 2.45) is 11.8 Å². The van der Waals surface area contributed by atoms with E-state index >= 15 is 0 Å². The number of nitrogens with one attached hydrogen (secondary N) is 1. The molecule has 5 heteroatoms. The first kappa shape index (κ1) is 9.98. The maximum absolute atomic E-state index is 11.1. The van der Waals surface area contributed by atoms with Crippen LogP contribution in [0.15, 0.2) is 0 Å². The van der Waals surface area contributed by atoms with E-state index in [4.69, 9.17) is 5.11 Å². The number of carboxylic acid groups (broad SMARTS) is 1. The van der Waals surface area contributed by atoms with E-state index in [1.54, 1.807) is 0 Å². The zero-order valence-electron chi connectivity index (χ0n) is 7.45. The number of rotatable bonds is 2. The maximum atomic E-state index is 11.1. The van der Waals surface area contributed by atoms with Gasteiger partial charge >= 0.3 is 11.9 Å². The SMILES string of the molecule is COC(=O)[C@H]1CNC[C@H](C(=O)O)C1. The molecule has 0 aliphatic carbocycles. The molecule has 74 valence electrons. The molecular formula is C8H13NO4. The molecule has 0 unspecified atom stereocenters. The summed E-state index contributed by atoms with van der Waals surface area (Å²) >= 11 is 0. The van der Waals surface area contributed by atoms with Crippen LogP contribution < -0.4 is 5.32 Å². The number of esters is 1. The quantitative estimate of drug-likeness (QED) is 0.568. The van der Waals surface area contributed by atoms with Gasteiger partial charge in [-0.2, -0.15) is 0 Å². The highest BCUT2D eigenvalue weighted by Crippen LogP contribution is 2.17. The van der Waals surface area contributed by atoms with E-state index in [2.05, 4.69) is 10.1 Å². The second-order valence-corrected chi connectivity index (χ2v) is 3.15. The monoisotopic (exact) mass is 187 g/mol. The topological polar surface area (TPSA) is 75.6 Å². The highest BCUT2D eigenvalue weighted by molar-refractivity contribution is 5.75. The molecule has 0 bridgehead atoms. The molecule has 0 amide bonds. The van der Waals surface area contributed by atoms with Crippen molar-refractivity contribution >= 4 is 11.9 Å². The lowest BCUT2D eigenvalue weighted by molar-refractivity contribution is -0.149. The maximum Gasteiger partial charge on any atom is 0.309 e. The van der Waals surface area contributed by atoms with E-state index in [0.717, 1.165) is 0 Å². The third kappa shape index (κ3) is 2.42. The highest BCUT2D eigenvalue weighted by Gasteiger charge is 2.31. The van der Waals surface area contributed by atoms with Gasteiger partial charge in [0.25, 0.3) is 0 Å². The molecule has 5 nitrogen and oxygen atoms in total. The number of hydrogen-bond acceptors (Lipinski definition) is 4. The first-order chi connectivity index (χ1) is 6.15. The second kappa shape index (κ2) is 4.23. The number of carbonyl (C=O) groups is 2. The standard InChI is InChI=1S/C8H13NO4/c1-13-8(12)6-2-5(7(10)11)3-9-4-6/h5-6,9H,2-4H2,1H3,(H,10,11)/t5-,6-/m1/s1. The van der Waals surface area contributed by atoms with Gasteiger partial charge in [-0.05, 0) is 6.42 Å². The van der Waals surface area contributed by atoms with Crippen LogP contribution in [-0.4, -0.2) is 37.2 Å². The molecule has 2 atom stereocenters. The van der Waals surface area contributed by atoms with Gasteiger partial charge in [0.1, 0.15) is 0 Å². The molecule has 0 radical (unpaired) electrons. The van der Waals surface area contributed by atoms with Crippen LogP contribution in [-0.2, 0) is 14.3 Å². The average molecular weight is 187 g/mol. The average Bonchev–Trinajstić information content (AvgIpc) is 2.17. The van der Waals surface area contributed by atoms with E-state index in [-0.39, 0.29) is 11.9 Å². The number of hydrogen-bond donors (Lipinski definition) is 2. The van der Waals surface area contributed by atoms with E-state index in [1.807, 2.05) is 0 Å². The number of ether oxygens (including phenoxy) is 1. The van der Waals surface area contributed by atoms with E-state index < -0.39 is 11.9 Å². The second-order valence-electron chi connectivity index (χ2n) is 3.15. The molecule has 0 aromatic rings. The Labute approximate surface area is 76.1 Å². The number of piperidine rings is 1. The van der Waals surface area contributed by atoms with Crippen LogP contribution in [0.2, 0.25) is 0 Å². The summed E-state index contributed by atoms with van der Waals surface area (Å²) in [4.78, 5) is 21.7. The Morgan fingerprint density at radius 1 is 1.38 bits per heavy atom. The van der Waals surface area contributed by atoms with Crippen molar-refractivity contribution in [1.29, 1.82) is 0 Å². The summed E-state index contributed by atoms with van der Waals surface area (Å²) in [6.07, 6.45) is 0.370.